The molecule has 0 radical (unpaired) electrons. The van der Waals surface area contributed by atoms with Crippen LogP contribution >= 0.6 is 0 Å². The SMILES string of the molecule is CC(=CCCNC(C)(C)C)CCc1cnn(C)c1. The van der Waals surface area contributed by atoms with Crippen LogP contribution in [0.25, 0.3) is 0 Å². The predicted molar refractivity (Wildman–Crippen MR) is 77.7 cm³/mol. The summed E-state index contributed by atoms with van der Waals surface area (Å²) < 4.78 is 1.86. The van der Waals surface area contributed by atoms with Crippen molar-refractivity contribution in [2.45, 2.75) is 52.5 Å². The third-order valence-electron chi connectivity index (χ3n) is 2.86. The zero-order valence-electron chi connectivity index (χ0n) is 12.5. The summed E-state index contributed by atoms with van der Waals surface area (Å²) >= 11 is 0. The summed E-state index contributed by atoms with van der Waals surface area (Å²) in [6.45, 7) is 9.87. The number of nitrogens with zero attached hydrogens (tertiary/aromatic N) is 2. The zero-order chi connectivity index (χ0) is 13.6. The molecule has 3 nitrogen and oxygen atoms in total. The molecule has 0 spiro atoms. The number of aryl methyl sites for hydroxylation is 2. The molecule has 1 aromatic rings. The summed E-state index contributed by atoms with van der Waals surface area (Å²) in [6, 6.07) is 0. The standard InChI is InChI=1S/C15H27N3/c1-13(7-6-10-16-15(2,3)4)8-9-14-11-17-18(5)12-14/h7,11-12,16H,6,8-10H2,1-5H3. The average Bonchev–Trinajstić information content (AvgIpc) is 2.66. The molecule has 0 atom stereocenters. The zero-order valence-corrected chi connectivity index (χ0v) is 12.5. The Bertz CT molecular complexity index is 383. The molecular weight excluding hydrogens is 222 g/mol. The van der Waals surface area contributed by atoms with Crippen LogP contribution in [0.5, 0.6) is 0 Å². The number of allylic oxidation sites excluding steroid dienone is 1. The van der Waals surface area contributed by atoms with E-state index in [0.29, 0.717) is 0 Å². The Kier molecular flexibility index (Phi) is 5.60. The molecule has 1 heterocycles. The van der Waals surface area contributed by atoms with Gasteiger partial charge in [-0.2, -0.15) is 5.10 Å². The highest BCUT2D eigenvalue weighted by atomic mass is 15.2. The minimum absolute atomic E-state index is 0.220. The van der Waals surface area contributed by atoms with E-state index in [1.807, 2.05) is 17.9 Å². The van der Waals surface area contributed by atoms with Crippen molar-refractivity contribution in [3.05, 3.63) is 29.6 Å². The van der Waals surface area contributed by atoms with Crippen molar-refractivity contribution < 1.29 is 0 Å². The molecule has 0 fully saturated rings. The first kappa shape index (κ1) is 15.0. The molecule has 0 aliphatic carbocycles. The van der Waals surface area contributed by atoms with Gasteiger partial charge in [-0.3, -0.25) is 4.68 Å². The summed E-state index contributed by atoms with van der Waals surface area (Å²) in [7, 11) is 1.96. The first-order chi connectivity index (χ1) is 8.37. The molecule has 1 rings (SSSR count). The Balaban J connectivity index is 2.22. The fourth-order valence-electron chi connectivity index (χ4n) is 1.81. The second kappa shape index (κ2) is 6.74. The molecule has 1 N–H and O–H groups in total. The van der Waals surface area contributed by atoms with Crippen LogP contribution in [0.2, 0.25) is 0 Å². The molecule has 0 bridgehead atoms. The maximum Gasteiger partial charge on any atom is 0.0521 e. The van der Waals surface area contributed by atoms with Crippen LogP contribution in [0.3, 0.4) is 0 Å². The van der Waals surface area contributed by atoms with Crippen molar-refractivity contribution >= 4 is 0 Å². The van der Waals surface area contributed by atoms with Gasteiger partial charge in [-0.25, -0.2) is 0 Å². The molecule has 0 unspecified atom stereocenters. The van der Waals surface area contributed by atoms with Crippen molar-refractivity contribution in [3.63, 3.8) is 0 Å². The molecule has 0 saturated carbocycles. The molecule has 0 amide bonds. The van der Waals surface area contributed by atoms with Crippen LogP contribution < -0.4 is 5.32 Å². The number of aromatic nitrogens is 2. The number of hydrogen-bond acceptors (Lipinski definition) is 2. The van der Waals surface area contributed by atoms with E-state index in [2.05, 4.69) is 50.4 Å². The summed E-state index contributed by atoms with van der Waals surface area (Å²) in [5.41, 5.74) is 3.00. The van der Waals surface area contributed by atoms with E-state index in [4.69, 9.17) is 0 Å². The second-order valence-electron chi connectivity index (χ2n) is 6.04. The third kappa shape index (κ3) is 6.60. The Morgan fingerprint density at radius 2 is 2.17 bits per heavy atom. The lowest BCUT2D eigenvalue weighted by Crippen LogP contribution is -2.36. The topological polar surface area (TPSA) is 29.9 Å². The van der Waals surface area contributed by atoms with Crippen LogP contribution in [-0.4, -0.2) is 21.9 Å². The lowest BCUT2D eigenvalue weighted by Gasteiger charge is -2.19. The Hall–Kier alpha value is -1.09. The van der Waals surface area contributed by atoms with Gasteiger partial charge in [0.05, 0.1) is 6.20 Å². The Labute approximate surface area is 111 Å². The lowest BCUT2D eigenvalue weighted by atomic mass is 10.1. The van der Waals surface area contributed by atoms with E-state index in [1.165, 1.54) is 11.1 Å². The fraction of sp³-hybridized carbons (Fsp3) is 0.667. The van der Waals surface area contributed by atoms with Gasteiger partial charge in [0.1, 0.15) is 0 Å². The van der Waals surface area contributed by atoms with Gasteiger partial charge in [0.2, 0.25) is 0 Å². The number of rotatable bonds is 6. The van der Waals surface area contributed by atoms with Crippen LogP contribution in [0, 0.1) is 0 Å². The van der Waals surface area contributed by atoms with E-state index in [1.54, 1.807) is 0 Å². The second-order valence-corrected chi connectivity index (χ2v) is 6.04. The van der Waals surface area contributed by atoms with Crippen molar-refractivity contribution in [1.29, 1.82) is 0 Å². The van der Waals surface area contributed by atoms with Crippen molar-refractivity contribution in [2.75, 3.05) is 6.54 Å². The van der Waals surface area contributed by atoms with E-state index in [9.17, 15) is 0 Å². The molecular formula is C15H27N3. The fourth-order valence-corrected chi connectivity index (χ4v) is 1.81. The number of nitrogens with one attached hydrogen (secondary N) is 1. The van der Waals surface area contributed by atoms with Gasteiger partial charge in [0, 0.05) is 18.8 Å². The van der Waals surface area contributed by atoms with E-state index < -0.39 is 0 Å². The van der Waals surface area contributed by atoms with E-state index >= 15 is 0 Å². The predicted octanol–water partition coefficient (Wildman–Crippen LogP) is 3.08. The van der Waals surface area contributed by atoms with Gasteiger partial charge < -0.3 is 5.32 Å². The van der Waals surface area contributed by atoms with Crippen LogP contribution in [0.4, 0.5) is 0 Å². The molecule has 0 aliphatic rings. The molecule has 3 heteroatoms. The molecule has 0 aromatic carbocycles. The van der Waals surface area contributed by atoms with E-state index in [0.717, 1.165) is 25.8 Å². The normalized spacial score (nSPS) is 13.1. The van der Waals surface area contributed by atoms with Gasteiger partial charge in [-0.15, -0.1) is 0 Å². The smallest absolute Gasteiger partial charge is 0.0521 e. The highest BCUT2D eigenvalue weighted by Gasteiger charge is 2.06. The van der Waals surface area contributed by atoms with Crippen molar-refractivity contribution in [2.24, 2.45) is 7.05 Å². The number of hydrogen-bond donors (Lipinski definition) is 1. The first-order valence-corrected chi connectivity index (χ1v) is 6.75. The highest BCUT2D eigenvalue weighted by Crippen LogP contribution is 2.08. The van der Waals surface area contributed by atoms with Crippen LogP contribution in [-0.2, 0) is 13.5 Å². The first-order valence-electron chi connectivity index (χ1n) is 6.75. The molecule has 18 heavy (non-hydrogen) atoms. The highest BCUT2D eigenvalue weighted by molar-refractivity contribution is 5.08. The summed E-state index contributed by atoms with van der Waals surface area (Å²) in [4.78, 5) is 0. The van der Waals surface area contributed by atoms with Gasteiger partial charge in [-0.05, 0) is 59.1 Å². The summed E-state index contributed by atoms with van der Waals surface area (Å²) in [5, 5.41) is 7.68. The quantitative estimate of drug-likeness (QED) is 0.620. The van der Waals surface area contributed by atoms with Crippen molar-refractivity contribution in [1.82, 2.24) is 15.1 Å². The molecule has 102 valence electrons. The molecule has 0 saturated heterocycles. The van der Waals surface area contributed by atoms with Crippen LogP contribution in [0.1, 0.15) is 46.1 Å². The summed E-state index contributed by atoms with van der Waals surface area (Å²) in [6.07, 6.45) is 9.71. The largest absolute Gasteiger partial charge is 0.312 e. The van der Waals surface area contributed by atoms with Gasteiger partial charge in [0.25, 0.3) is 0 Å². The molecule has 0 aliphatic heterocycles. The minimum atomic E-state index is 0.220. The van der Waals surface area contributed by atoms with Gasteiger partial charge >= 0.3 is 0 Å². The van der Waals surface area contributed by atoms with E-state index in [-0.39, 0.29) is 5.54 Å². The maximum atomic E-state index is 4.18. The van der Waals surface area contributed by atoms with Gasteiger partial charge in [0.15, 0.2) is 0 Å². The monoisotopic (exact) mass is 249 g/mol. The average molecular weight is 249 g/mol. The lowest BCUT2D eigenvalue weighted by molar-refractivity contribution is 0.431. The molecule has 1 aromatic heterocycles. The minimum Gasteiger partial charge on any atom is -0.312 e. The van der Waals surface area contributed by atoms with Gasteiger partial charge in [-0.1, -0.05) is 11.6 Å². The third-order valence-corrected chi connectivity index (χ3v) is 2.86. The van der Waals surface area contributed by atoms with Crippen molar-refractivity contribution in [3.8, 4) is 0 Å². The summed E-state index contributed by atoms with van der Waals surface area (Å²) in [5.74, 6) is 0. The maximum absolute atomic E-state index is 4.18. The van der Waals surface area contributed by atoms with Crippen LogP contribution in [0.15, 0.2) is 24.0 Å². The Morgan fingerprint density at radius 1 is 1.44 bits per heavy atom. The Morgan fingerprint density at radius 3 is 2.72 bits per heavy atom.